The molecule has 3 aromatic rings. The molecule has 0 saturated heterocycles. The van der Waals surface area contributed by atoms with Crippen LogP contribution in [0.3, 0.4) is 0 Å². The smallest absolute Gasteiger partial charge is 0.257 e. The van der Waals surface area contributed by atoms with E-state index in [1.165, 1.54) is 18.2 Å². The van der Waals surface area contributed by atoms with Gasteiger partial charge in [0.15, 0.2) is 0 Å². The Morgan fingerprint density at radius 1 is 1.10 bits per heavy atom. The zero-order valence-corrected chi connectivity index (χ0v) is 10.9. The number of amides is 1. The van der Waals surface area contributed by atoms with Crippen LogP contribution in [-0.2, 0) is 0 Å². The van der Waals surface area contributed by atoms with E-state index < -0.39 is 11.7 Å². The van der Waals surface area contributed by atoms with Crippen molar-refractivity contribution in [2.45, 2.75) is 0 Å². The Bertz CT molecular complexity index is 835. The van der Waals surface area contributed by atoms with Crippen LogP contribution in [0.4, 0.5) is 15.8 Å². The van der Waals surface area contributed by atoms with Crippen LogP contribution in [-0.4, -0.2) is 15.9 Å². The molecule has 0 aliphatic rings. The number of aromatic nitrogens is 2. The summed E-state index contributed by atoms with van der Waals surface area (Å²) in [6.07, 6.45) is 3.16. The quantitative estimate of drug-likeness (QED) is 0.708. The van der Waals surface area contributed by atoms with Crippen LogP contribution in [0.15, 0.2) is 48.8 Å². The molecule has 0 aliphatic heterocycles. The van der Waals surface area contributed by atoms with Gasteiger partial charge in [-0.3, -0.25) is 14.8 Å². The second-order valence-electron chi connectivity index (χ2n) is 4.42. The van der Waals surface area contributed by atoms with Crippen molar-refractivity contribution in [3.63, 3.8) is 0 Å². The maximum atomic E-state index is 13.4. The summed E-state index contributed by atoms with van der Waals surface area (Å²) in [7, 11) is 0. The molecule has 3 N–H and O–H groups in total. The highest BCUT2D eigenvalue weighted by molar-refractivity contribution is 6.08. The average Bonchev–Trinajstić information content (AvgIpc) is 2.50. The van der Waals surface area contributed by atoms with Crippen LogP contribution >= 0.6 is 0 Å². The minimum absolute atomic E-state index is 0.0919. The maximum absolute atomic E-state index is 13.4. The van der Waals surface area contributed by atoms with Crippen molar-refractivity contribution >= 4 is 28.3 Å². The van der Waals surface area contributed by atoms with Crippen molar-refractivity contribution in [1.29, 1.82) is 0 Å². The lowest BCUT2D eigenvalue weighted by atomic mass is 10.1. The van der Waals surface area contributed by atoms with Gasteiger partial charge < -0.3 is 11.1 Å². The van der Waals surface area contributed by atoms with Crippen molar-refractivity contribution in [2.24, 2.45) is 0 Å². The summed E-state index contributed by atoms with van der Waals surface area (Å²) < 4.78 is 13.4. The van der Waals surface area contributed by atoms with Gasteiger partial charge in [0.25, 0.3) is 5.91 Å². The molecule has 0 aliphatic carbocycles. The molecule has 0 atom stereocenters. The minimum atomic E-state index is -0.618. The van der Waals surface area contributed by atoms with Crippen molar-refractivity contribution < 1.29 is 9.18 Å². The predicted molar refractivity (Wildman–Crippen MR) is 78.3 cm³/mol. The molecule has 0 fully saturated rings. The van der Waals surface area contributed by atoms with Gasteiger partial charge in [0.1, 0.15) is 5.82 Å². The SMILES string of the molecule is Nc1c(F)cccc1C(=O)Nc1ccc2nccnc2c1. The van der Waals surface area contributed by atoms with E-state index in [4.69, 9.17) is 5.73 Å². The number of carbonyl (C=O) groups excluding carboxylic acids is 1. The van der Waals surface area contributed by atoms with E-state index in [0.29, 0.717) is 11.2 Å². The molecular formula is C15H11FN4O. The second kappa shape index (κ2) is 5.16. The van der Waals surface area contributed by atoms with Crippen molar-refractivity contribution in [3.8, 4) is 0 Å². The summed E-state index contributed by atoms with van der Waals surface area (Å²) in [5.74, 6) is -1.10. The normalized spacial score (nSPS) is 10.5. The third-order valence-electron chi connectivity index (χ3n) is 3.02. The fourth-order valence-electron chi connectivity index (χ4n) is 1.97. The number of nitrogens with one attached hydrogen (secondary N) is 1. The zero-order chi connectivity index (χ0) is 14.8. The van der Waals surface area contributed by atoms with Crippen LogP contribution in [0.2, 0.25) is 0 Å². The summed E-state index contributed by atoms with van der Waals surface area (Å²) in [6.45, 7) is 0. The third-order valence-corrected chi connectivity index (χ3v) is 3.02. The lowest BCUT2D eigenvalue weighted by Gasteiger charge is -2.08. The van der Waals surface area contributed by atoms with Crippen LogP contribution in [0.1, 0.15) is 10.4 Å². The molecule has 1 heterocycles. The molecule has 3 rings (SSSR count). The Hall–Kier alpha value is -3.02. The molecule has 2 aromatic carbocycles. The van der Waals surface area contributed by atoms with Crippen molar-refractivity contribution in [3.05, 3.63) is 60.2 Å². The Balaban J connectivity index is 1.91. The number of halogens is 1. The van der Waals surface area contributed by atoms with Crippen molar-refractivity contribution in [2.75, 3.05) is 11.1 Å². The number of rotatable bonds is 2. The van der Waals surface area contributed by atoms with Gasteiger partial charge in [0, 0.05) is 18.1 Å². The van der Waals surface area contributed by atoms with Crippen LogP contribution in [0.5, 0.6) is 0 Å². The Labute approximate surface area is 119 Å². The van der Waals surface area contributed by atoms with Gasteiger partial charge in [0.2, 0.25) is 0 Å². The van der Waals surface area contributed by atoms with E-state index >= 15 is 0 Å². The molecule has 0 spiro atoms. The average molecular weight is 282 g/mol. The molecule has 0 bridgehead atoms. The monoisotopic (exact) mass is 282 g/mol. The van der Waals surface area contributed by atoms with E-state index in [0.717, 1.165) is 5.52 Å². The van der Waals surface area contributed by atoms with Crippen LogP contribution < -0.4 is 11.1 Å². The zero-order valence-electron chi connectivity index (χ0n) is 10.9. The first kappa shape index (κ1) is 13.0. The standard InChI is InChI=1S/C15H11FN4O/c16-11-3-1-2-10(14(11)17)15(21)20-9-4-5-12-13(8-9)19-7-6-18-12/h1-8H,17H2,(H,20,21). The molecule has 21 heavy (non-hydrogen) atoms. The predicted octanol–water partition coefficient (Wildman–Crippen LogP) is 2.60. The highest BCUT2D eigenvalue weighted by atomic mass is 19.1. The molecule has 1 aromatic heterocycles. The van der Waals surface area contributed by atoms with Gasteiger partial charge >= 0.3 is 0 Å². The number of nitrogens with two attached hydrogens (primary N) is 1. The number of nitrogens with zero attached hydrogens (tertiary/aromatic N) is 2. The minimum Gasteiger partial charge on any atom is -0.396 e. The topological polar surface area (TPSA) is 80.9 Å². The highest BCUT2D eigenvalue weighted by Gasteiger charge is 2.13. The molecule has 0 radical (unpaired) electrons. The Kier molecular flexibility index (Phi) is 3.19. The van der Waals surface area contributed by atoms with Gasteiger partial charge in [-0.2, -0.15) is 0 Å². The summed E-state index contributed by atoms with van der Waals surface area (Å²) in [5.41, 5.74) is 7.41. The van der Waals surface area contributed by atoms with Gasteiger partial charge in [-0.15, -0.1) is 0 Å². The lowest BCUT2D eigenvalue weighted by Crippen LogP contribution is -2.14. The van der Waals surface area contributed by atoms with E-state index in [9.17, 15) is 9.18 Å². The molecule has 1 amide bonds. The first-order valence-electron chi connectivity index (χ1n) is 6.21. The number of hydrogen-bond acceptors (Lipinski definition) is 4. The highest BCUT2D eigenvalue weighted by Crippen LogP contribution is 2.19. The Morgan fingerprint density at radius 3 is 2.67 bits per heavy atom. The molecular weight excluding hydrogens is 271 g/mol. The first-order chi connectivity index (χ1) is 10.1. The fourth-order valence-corrected chi connectivity index (χ4v) is 1.97. The first-order valence-corrected chi connectivity index (χ1v) is 6.21. The number of carbonyl (C=O) groups is 1. The van der Waals surface area contributed by atoms with Crippen LogP contribution in [0, 0.1) is 5.82 Å². The molecule has 6 heteroatoms. The number of hydrogen-bond donors (Lipinski definition) is 2. The largest absolute Gasteiger partial charge is 0.396 e. The van der Waals surface area contributed by atoms with Crippen molar-refractivity contribution in [1.82, 2.24) is 9.97 Å². The van der Waals surface area contributed by atoms with E-state index in [1.807, 2.05) is 0 Å². The number of anilines is 2. The molecule has 0 unspecified atom stereocenters. The van der Waals surface area contributed by atoms with Gasteiger partial charge in [-0.1, -0.05) is 6.07 Å². The fraction of sp³-hybridized carbons (Fsp3) is 0. The summed E-state index contributed by atoms with van der Waals surface area (Å²) >= 11 is 0. The van der Waals surface area contributed by atoms with Gasteiger partial charge in [-0.05, 0) is 30.3 Å². The number of nitrogen functional groups attached to an aromatic ring is 1. The molecule has 5 nitrogen and oxygen atoms in total. The number of fused-ring (bicyclic) bond motifs is 1. The second-order valence-corrected chi connectivity index (χ2v) is 4.42. The van der Waals surface area contributed by atoms with E-state index in [-0.39, 0.29) is 11.3 Å². The van der Waals surface area contributed by atoms with Gasteiger partial charge in [0.05, 0.1) is 22.3 Å². The van der Waals surface area contributed by atoms with E-state index in [1.54, 1.807) is 30.6 Å². The Morgan fingerprint density at radius 2 is 1.86 bits per heavy atom. The number of benzene rings is 2. The maximum Gasteiger partial charge on any atom is 0.257 e. The molecule has 0 saturated carbocycles. The number of para-hydroxylation sites is 1. The van der Waals surface area contributed by atoms with E-state index in [2.05, 4.69) is 15.3 Å². The lowest BCUT2D eigenvalue weighted by molar-refractivity contribution is 0.102. The molecule has 104 valence electrons. The summed E-state index contributed by atoms with van der Waals surface area (Å²) in [4.78, 5) is 20.4. The third kappa shape index (κ3) is 2.51. The summed E-state index contributed by atoms with van der Waals surface area (Å²) in [5, 5.41) is 2.67. The van der Waals surface area contributed by atoms with Crippen LogP contribution in [0.25, 0.3) is 11.0 Å². The van der Waals surface area contributed by atoms with Gasteiger partial charge in [-0.25, -0.2) is 4.39 Å². The summed E-state index contributed by atoms with van der Waals surface area (Å²) in [6, 6.07) is 9.24.